The zero-order chi connectivity index (χ0) is 12.8. The summed E-state index contributed by atoms with van der Waals surface area (Å²) in [4.78, 5) is 0. The van der Waals surface area contributed by atoms with E-state index in [0.717, 1.165) is 51.4 Å². The van der Waals surface area contributed by atoms with Crippen molar-refractivity contribution in [1.29, 1.82) is 0 Å². The standard InChI is InChI=1S/2C7H15O.Mg/c2*1-3-5-6-7(8)4-2;/h2*7H,3-6H2,1-2H3;/q2*-1;+2. The second-order valence-corrected chi connectivity index (χ2v) is 4.34. The van der Waals surface area contributed by atoms with E-state index in [2.05, 4.69) is 13.8 Å². The minimum absolute atomic E-state index is 0. The molecule has 0 aliphatic carbocycles. The Hall–Kier alpha value is 0.686. The molecule has 17 heavy (non-hydrogen) atoms. The molecule has 3 heteroatoms. The van der Waals surface area contributed by atoms with Gasteiger partial charge in [0, 0.05) is 0 Å². The Kier molecular flexibility index (Phi) is 25.6. The molecule has 0 aromatic rings. The van der Waals surface area contributed by atoms with Crippen molar-refractivity contribution in [2.24, 2.45) is 0 Å². The first-order valence-corrected chi connectivity index (χ1v) is 6.93. The first-order valence-electron chi connectivity index (χ1n) is 6.93. The third-order valence-corrected chi connectivity index (χ3v) is 2.67. The van der Waals surface area contributed by atoms with Crippen molar-refractivity contribution >= 4 is 23.1 Å². The Morgan fingerprint density at radius 1 is 0.706 bits per heavy atom. The van der Waals surface area contributed by atoms with Crippen molar-refractivity contribution in [1.82, 2.24) is 0 Å². The average molecular weight is 255 g/mol. The molecule has 0 N–H and O–H groups in total. The largest absolute Gasteiger partial charge is 2.00 e. The van der Waals surface area contributed by atoms with Gasteiger partial charge in [0.05, 0.1) is 0 Å². The van der Waals surface area contributed by atoms with Gasteiger partial charge in [-0.25, -0.2) is 0 Å². The van der Waals surface area contributed by atoms with Gasteiger partial charge in [-0.3, -0.25) is 0 Å². The Balaban J connectivity index is -0.000000218. The first kappa shape index (κ1) is 22.8. The molecule has 0 bridgehead atoms. The summed E-state index contributed by atoms with van der Waals surface area (Å²) in [5.41, 5.74) is 0. The molecule has 0 aromatic heterocycles. The van der Waals surface area contributed by atoms with Crippen LogP contribution in [0.15, 0.2) is 0 Å². The van der Waals surface area contributed by atoms with Crippen LogP contribution in [0.4, 0.5) is 0 Å². The van der Waals surface area contributed by atoms with Crippen LogP contribution >= 0.6 is 0 Å². The minimum atomic E-state index is -0.296. The van der Waals surface area contributed by atoms with E-state index >= 15 is 0 Å². The topological polar surface area (TPSA) is 46.1 Å². The quantitative estimate of drug-likeness (QED) is 0.624. The van der Waals surface area contributed by atoms with E-state index in [-0.39, 0.29) is 35.3 Å². The molecular formula is C14H30MgO2. The van der Waals surface area contributed by atoms with E-state index < -0.39 is 0 Å². The van der Waals surface area contributed by atoms with E-state index in [4.69, 9.17) is 0 Å². The van der Waals surface area contributed by atoms with Gasteiger partial charge in [0.2, 0.25) is 0 Å². The summed E-state index contributed by atoms with van der Waals surface area (Å²) in [7, 11) is 0. The van der Waals surface area contributed by atoms with Gasteiger partial charge in [0.25, 0.3) is 0 Å². The molecule has 0 aliphatic heterocycles. The molecule has 0 aromatic carbocycles. The molecule has 0 fully saturated rings. The summed E-state index contributed by atoms with van der Waals surface area (Å²) in [5, 5.41) is 21.3. The minimum Gasteiger partial charge on any atom is -0.852 e. The number of hydrogen-bond donors (Lipinski definition) is 0. The van der Waals surface area contributed by atoms with Crippen LogP contribution in [0.25, 0.3) is 0 Å². The number of rotatable bonds is 8. The fraction of sp³-hybridized carbons (Fsp3) is 1.00. The molecule has 2 unspecified atom stereocenters. The van der Waals surface area contributed by atoms with Crippen molar-refractivity contribution in [3.05, 3.63) is 0 Å². The molecule has 0 amide bonds. The second kappa shape index (κ2) is 19.0. The predicted molar refractivity (Wildman–Crippen MR) is 73.0 cm³/mol. The fourth-order valence-corrected chi connectivity index (χ4v) is 1.27. The number of hydrogen-bond acceptors (Lipinski definition) is 2. The maximum absolute atomic E-state index is 10.7. The summed E-state index contributed by atoms with van der Waals surface area (Å²) in [6.07, 6.45) is 7.23. The van der Waals surface area contributed by atoms with E-state index in [1.54, 1.807) is 0 Å². The van der Waals surface area contributed by atoms with Crippen LogP contribution in [0, 0.1) is 0 Å². The third kappa shape index (κ3) is 22.4. The fourth-order valence-electron chi connectivity index (χ4n) is 1.27. The molecule has 0 saturated carbocycles. The summed E-state index contributed by atoms with van der Waals surface area (Å²) < 4.78 is 0. The Morgan fingerprint density at radius 2 is 1.00 bits per heavy atom. The van der Waals surface area contributed by atoms with E-state index in [0.29, 0.717) is 0 Å². The summed E-state index contributed by atoms with van der Waals surface area (Å²) >= 11 is 0. The van der Waals surface area contributed by atoms with Crippen LogP contribution in [0.2, 0.25) is 0 Å². The Morgan fingerprint density at radius 3 is 1.18 bits per heavy atom. The molecule has 0 rings (SSSR count). The molecular weight excluding hydrogens is 224 g/mol. The zero-order valence-electron chi connectivity index (χ0n) is 12.3. The van der Waals surface area contributed by atoms with Crippen molar-refractivity contribution in [3.63, 3.8) is 0 Å². The SMILES string of the molecule is CCCCC([O-])CC.CCCCC([O-])CC.[Mg+2]. The van der Waals surface area contributed by atoms with Gasteiger partial charge in [-0.05, 0) is 0 Å². The number of unbranched alkanes of at least 4 members (excludes halogenated alkanes) is 2. The van der Waals surface area contributed by atoms with Gasteiger partial charge in [0.1, 0.15) is 0 Å². The van der Waals surface area contributed by atoms with Gasteiger partial charge < -0.3 is 10.2 Å². The van der Waals surface area contributed by atoms with Gasteiger partial charge in [-0.1, -0.05) is 79.1 Å². The van der Waals surface area contributed by atoms with Crippen molar-refractivity contribution < 1.29 is 10.2 Å². The van der Waals surface area contributed by atoms with Gasteiger partial charge in [0.15, 0.2) is 0 Å². The second-order valence-electron chi connectivity index (χ2n) is 4.34. The average Bonchev–Trinajstić information content (AvgIpc) is 2.33. The normalized spacial score (nSPS) is 13.1. The van der Waals surface area contributed by atoms with Crippen LogP contribution in [-0.4, -0.2) is 35.3 Å². The molecule has 0 spiro atoms. The van der Waals surface area contributed by atoms with Crippen LogP contribution < -0.4 is 10.2 Å². The van der Waals surface area contributed by atoms with Crippen LogP contribution in [0.3, 0.4) is 0 Å². The van der Waals surface area contributed by atoms with Crippen LogP contribution in [-0.2, 0) is 0 Å². The first-order chi connectivity index (χ1) is 7.62. The molecule has 0 aliphatic rings. The van der Waals surface area contributed by atoms with E-state index in [9.17, 15) is 10.2 Å². The molecule has 0 saturated heterocycles. The molecule has 2 atom stereocenters. The van der Waals surface area contributed by atoms with Crippen LogP contribution in [0.1, 0.15) is 79.1 Å². The van der Waals surface area contributed by atoms with Crippen molar-refractivity contribution in [3.8, 4) is 0 Å². The Bertz CT molecular complexity index is 107. The third-order valence-electron chi connectivity index (χ3n) is 2.67. The van der Waals surface area contributed by atoms with Crippen LogP contribution in [0.5, 0.6) is 0 Å². The molecule has 100 valence electrons. The zero-order valence-corrected chi connectivity index (χ0v) is 13.7. The maximum Gasteiger partial charge on any atom is 2.00 e. The molecule has 0 radical (unpaired) electrons. The Labute approximate surface area is 124 Å². The molecule has 0 heterocycles. The van der Waals surface area contributed by atoms with Gasteiger partial charge in [-0.15, -0.1) is 12.2 Å². The van der Waals surface area contributed by atoms with Crippen molar-refractivity contribution in [2.75, 3.05) is 0 Å². The van der Waals surface area contributed by atoms with E-state index in [1.807, 2.05) is 13.8 Å². The smallest absolute Gasteiger partial charge is 0.852 e. The van der Waals surface area contributed by atoms with Crippen molar-refractivity contribution in [2.45, 2.75) is 91.3 Å². The summed E-state index contributed by atoms with van der Waals surface area (Å²) in [5.74, 6) is 0. The summed E-state index contributed by atoms with van der Waals surface area (Å²) in [6.45, 7) is 8.13. The van der Waals surface area contributed by atoms with E-state index in [1.165, 1.54) is 0 Å². The maximum atomic E-state index is 10.7. The van der Waals surface area contributed by atoms with Gasteiger partial charge in [-0.2, -0.15) is 0 Å². The monoisotopic (exact) mass is 254 g/mol. The summed E-state index contributed by atoms with van der Waals surface area (Å²) in [6, 6.07) is 0. The predicted octanol–water partition coefficient (Wildman–Crippen LogP) is 2.25. The molecule has 2 nitrogen and oxygen atoms in total. The van der Waals surface area contributed by atoms with Gasteiger partial charge >= 0.3 is 23.1 Å².